The van der Waals surface area contributed by atoms with Crippen LogP contribution in [-0.4, -0.2) is 23.5 Å². The topological polar surface area (TPSA) is 66.4 Å². The molecule has 0 saturated carbocycles. The van der Waals surface area contributed by atoms with Crippen molar-refractivity contribution >= 4 is 39.4 Å². The third-order valence-corrected chi connectivity index (χ3v) is 4.27. The summed E-state index contributed by atoms with van der Waals surface area (Å²) in [6.07, 6.45) is 1.51. The van der Waals surface area contributed by atoms with Crippen molar-refractivity contribution < 1.29 is 14.7 Å². The Morgan fingerprint density at radius 3 is 2.75 bits per heavy atom. The molecule has 20 heavy (non-hydrogen) atoms. The van der Waals surface area contributed by atoms with Gasteiger partial charge in [0.25, 0.3) is 5.91 Å². The molecule has 1 aromatic carbocycles. The molecule has 0 fully saturated rings. The van der Waals surface area contributed by atoms with Crippen molar-refractivity contribution in [2.24, 2.45) is 5.92 Å². The second-order valence-electron chi connectivity index (χ2n) is 4.68. The van der Waals surface area contributed by atoms with Crippen LogP contribution in [0.3, 0.4) is 0 Å². The second-order valence-corrected chi connectivity index (χ2v) is 5.92. The predicted molar refractivity (Wildman–Crippen MR) is 82.1 cm³/mol. The number of halogens is 2. The lowest BCUT2D eigenvalue weighted by Gasteiger charge is -2.11. The van der Waals surface area contributed by atoms with Crippen LogP contribution in [-0.2, 0) is 4.79 Å². The van der Waals surface area contributed by atoms with E-state index in [2.05, 4.69) is 21.2 Å². The molecule has 1 aromatic rings. The van der Waals surface area contributed by atoms with Crippen molar-refractivity contribution in [1.82, 2.24) is 5.32 Å². The highest BCUT2D eigenvalue weighted by Gasteiger charge is 2.12. The Balaban J connectivity index is 2.40. The van der Waals surface area contributed by atoms with Crippen LogP contribution in [0, 0.1) is 5.92 Å². The molecule has 2 N–H and O–H groups in total. The third-order valence-electron chi connectivity index (χ3n) is 2.97. The summed E-state index contributed by atoms with van der Waals surface area (Å²) in [5, 5.41) is 11.8. The number of nitrogens with one attached hydrogen (secondary N) is 1. The Hall–Kier alpha value is -1.07. The van der Waals surface area contributed by atoms with Crippen LogP contribution in [0.15, 0.2) is 22.7 Å². The number of hydrogen-bond acceptors (Lipinski definition) is 2. The SMILES string of the molecule is CC(CCNC(=O)c1cccc(Br)c1Cl)CCC(=O)O. The van der Waals surface area contributed by atoms with Gasteiger partial charge in [0.2, 0.25) is 0 Å². The summed E-state index contributed by atoms with van der Waals surface area (Å²) < 4.78 is 0.682. The number of rotatable bonds is 7. The summed E-state index contributed by atoms with van der Waals surface area (Å²) in [6, 6.07) is 5.18. The Kier molecular flexibility index (Phi) is 7.02. The van der Waals surface area contributed by atoms with E-state index in [4.69, 9.17) is 16.7 Å². The fraction of sp³-hybridized carbons (Fsp3) is 0.429. The van der Waals surface area contributed by atoms with E-state index in [0.29, 0.717) is 28.0 Å². The molecule has 6 heteroatoms. The summed E-state index contributed by atoms with van der Waals surface area (Å²) in [4.78, 5) is 22.4. The highest BCUT2D eigenvalue weighted by Crippen LogP contribution is 2.25. The first-order chi connectivity index (χ1) is 9.41. The van der Waals surface area contributed by atoms with E-state index in [9.17, 15) is 9.59 Å². The van der Waals surface area contributed by atoms with Crippen LogP contribution in [0.4, 0.5) is 0 Å². The van der Waals surface area contributed by atoms with Crippen molar-refractivity contribution in [3.05, 3.63) is 33.3 Å². The van der Waals surface area contributed by atoms with Gasteiger partial charge < -0.3 is 10.4 Å². The van der Waals surface area contributed by atoms with Crippen LogP contribution in [0.1, 0.15) is 36.5 Å². The lowest BCUT2D eigenvalue weighted by molar-refractivity contribution is -0.137. The minimum Gasteiger partial charge on any atom is -0.481 e. The van der Waals surface area contributed by atoms with Crippen molar-refractivity contribution in [3.8, 4) is 0 Å². The predicted octanol–water partition coefficient (Wildman–Crippen LogP) is 3.72. The standard InChI is InChI=1S/C14H17BrClNO3/c1-9(5-6-12(18)19)7-8-17-14(20)10-3-2-4-11(15)13(10)16/h2-4,9H,5-8H2,1H3,(H,17,20)(H,18,19). The zero-order valence-electron chi connectivity index (χ0n) is 11.2. The Labute approximate surface area is 131 Å². The largest absolute Gasteiger partial charge is 0.481 e. The van der Waals surface area contributed by atoms with Crippen molar-refractivity contribution in [2.75, 3.05) is 6.54 Å². The summed E-state index contributed by atoms with van der Waals surface area (Å²) in [5.74, 6) is -0.757. The van der Waals surface area contributed by atoms with Crippen LogP contribution in [0.25, 0.3) is 0 Å². The highest BCUT2D eigenvalue weighted by molar-refractivity contribution is 9.10. The molecule has 0 bridgehead atoms. The fourth-order valence-electron chi connectivity index (χ4n) is 1.72. The number of carbonyl (C=O) groups excluding carboxylic acids is 1. The lowest BCUT2D eigenvalue weighted by Crippen LogP contribution is -2.26. The molecular weight excluding hydrogens is 346 g/mol. The molecule has 0 heterocycles. The number of amides is 1. The molecular formula is C14H17BrClNO3. The molecule has 0 aliphatic rings. The van der Waals surface area contributed by atoms with E-state index >= 15 is 0 Å². The van der Waals surface area contributed by atoms with Gasteiger partial charge in [0.1, 0.15) is 0 Å². The zero-order valence-corrected chi connectivity index (χ0v) is 13.5. The molecule has 0 aliphatic carbocycles. The first-order valence-corrected chi connectivity index (χ1v) is 7.53. The Morgan fingerprint density at radius 2 is 2.10 bits per heavy atom. The number of aliphatic carboxylic acids is 1. The van der Waals surface area contributed by atoms with Crippen molar-refractivity contribution in [2.45, 2.75) is 26.2 Å². The summed E-state index contributed by atoms with van der Waals surface area (Å²) in [6.45, 7) is 2.48. The fourth-order valence-corrected chi connectivity index (χ4v) is 2.30. The Bertz CT molecular complexity index is 493. The van der Waals surface area contributed by atoms with Gasteiger partial charge in [-0.05, 0) is 46.8 Å². The highest BCUT2D eigenvalue weighted by atomic mass is 79.9. The summed E-state index contributed by atoms with van der Waals surface area (Å²) >= 11 is 9.31. The van der Waals surface area contributed by atoms with Crippen LogP contribution in [0.2, 0.25) is 5.02 Å². The first kappa shape index (κ1) is 17.0. The quantitative estimate of drug-likeness (QED) is 0.777. The second kappa shape index (κ2) is 8.27. The van der Waals surface area contributed by atoms with Gasteiger partial charge in [-0.25, -0.2) is 0 Å². The smallest absolute Gasteiger partial charge is 0.303 e. The Morgan fingerprint density at radius 1 is 1.40 bits per heavy atom. The molecule has 0 radical (unpaired) electrons. The maximum atomic E-state index is 12.0. The number of carbonyl (C=O) groups is 2. The molecule has 1 rings (SSSR count). The molecule has 1 atom stereocenters. The van der Waals surface area contributed by atoms with E-state index in [0.717, 1.165) is 6.42 Å². The maximum Gasteiger partial charge on any atom is 0.303 e. The average Bonchev–Trinajstić information content (AvgIpc) is 2.39. The number of hydrogen-bond donors (Lipinski definition) is 2. The van der Waals surface area contributed by atoms with Gasteiger partial charge in [-0.2, -0.15) is 0 Å². The maximum absolute atomic E-state index is 12.0. The van der Waals surface area contributed by atoms with Gasteiger partial charge in [0.05, 0.1) is 10.6 Å². The van der Waals surface area contributed by atoms with Crippen molar-refractivity contribution in [3.63, 3.8) is 0 Å². The van der Waals surface area contributed by atoms with Gasteiger partial charge in [0.15, 0.2) is 0 Å². The summed E-state index contributed by atoms with van der Waals surface area (Å²) in [7, 11) is 0. The zero-order chi connectivity index (χ0) is 15.1. The first-order valence-electron chi connectivity index (χ1n) is 6.35. The molecule has 1 unspecified atom stereocenters. The summed E-state index contributed by atoms with van der Waals surface area (Å²) in [5.41, 5.74) is 0.430. The average molecular weight is 363 g/mol. The van der Waals surface area contributed by atoms with Crippen LogP contribution >= 0.6 is 27.5 Å². The van der Waals surface area contributed by atoms with E-state index in [1.165, 1.54) is 0 Å². The molecule has 4 nitrogen and oxygen atoms in total. The minimum absolute atomic E-state index is 0.159. The van der Waals surface area contributed by atoms with Crippen LogP contribution in [0.5, 0.6) is 0 Å². The van der Waals surface area contributed by atoms with Gasteiger partial charge in [-0.15, -0.1) is 0 Å². The van der Waals surface area contributed by atoms with E-state index < -0.39 is 5.97 Å². The van der Waals surface area contributed by atoms with Crippen LogP contribution < -0.4 is 5.32 Å². The molecule has 0 spiro atoms. The normalized spacial score (nSPS) is 11.9. The lowest BCUT2D eigenvalue weighted by atomic mass is 10.0. The molecule has 0 aromatic heterocycles. The molecule has 0 saturated heterocycles. The van der Waals surface area contributed by atoms with Gasteiger partial charge >= 0.3 is 5.97 Å². The molecule has 110 valence electrons. The van der Waals surface area contributed by atoms with Gasteiger partial charge in [-0.1, -0.05) is 24.6 Å². The minimum atomic E-state index is -0.790. The van der Waals surface area contributed by atoms with E-state index in [-0.39, 0.29) is 18.2 Å². The molecule has 1 amide bonds. The monoisotopic (exact) mass is 361 g/mol. The van der Waals surface area contributed by atoms with Gasteiger partial charge in [0, 0.05) is 17.4 Å². The molecule has 0 aliphatic heterocycles. The van der Waals surface area contributed by atoms with E-state index in [1.54, 1.807) is 18.2 Å². The third kappa shape index (κ3) is 5.51. The number of benzene rings is 1. The van der Waals surface area contributed by atoms with E-state index in [1.807, 2.05) is 6.92 Å². The van der Waals surface area contributed by atoms with Gasteiger partial charge in [-0.3, -0.25) is 9.59 Å². The number of carboxylic acids is 1. The number of carboxylic acid groups (broad SMARTS) is 1. The van der Waals surface area contributed by atoms with Crippen molar-refractivity contribution in [1.29, 1.82) is 0 Å².